The molecule has 0 radical (unpaired) electrons. The first kappa shape index (κ1) is 16.2. The van der Waals surface area contributed by atoms with Crippen molar-refractivity contribution in [3.05, 3.63) is 29.3 Å². The van der Waals surface area contributed by atoms with E-state index in [2.05, 4.69) is 21.6 Å². The summed E-state index contributed by atoms with van der Waals surface area (Å²) < 4.78 is 0. The minimum Gasteiger partial charge on any atom is -0.346 e. The molecular weight excluding hydrogens is 314 g/mol. The maximum atomic E-state index is 12.2. The van der Waals surface area contributed by atoms with Crippen LogP contribution in [0.5, 0.6) is 0 Å². The van der Waals surface area contributed by atoms with Crippen LogP contribution in [0.2, 0.25) is 0 Å². The first-order valence-corrected chi connectivity index (χ1v) is 9.15. The highest BCUT2D eigenvalue weighted by Crippen LogP contribution is 2.44. The number of hydrogen-bond donors (Lipinski definition) is 2. The quantitative estimate of drug-likeness (QED) is 0.872. The number of carbonyl (C=O) groups is 1. The van der Waals surface area contributed by atoms with E-state index >= 15 is 0 Å². The first-order valence-electron chi connectivity index (χ1n) is 9.15. The standard InChI is InChI=1S/C19H25N5O/c1-19(11-17(25)24(2)18(20)21-19)13-7-8-15-14(10-13)16(23-22-15)9-12-5-3-4-6-12/h7-8,10,12,16H,3-6,9,11H2,1-2H3,(H2,20,21)/t16?,19-/m0/s1. The van der Waals surface area contributed by atoms with E-state index in [1.165, 1.54) is 36.1 Å². The monoisotopic (exact) mass is 339 g/mol. The van der Waals surface area contributed by atoms with E-state index in [0.717, 1.165) is 23.6 Å². The lowest BCUT2D eigenvalue weighted by atomic mass is 9.84. The molecule has 4 rings (SSSR count). The second-order valence-corrected chi connectivity index (χ2v) is 7.83. The van der Waals surface area contributed by atoms with Crippen molar-refractivity contribution in [1.82, 2.24) is 10.2 Å². The summed E-state index contributed by atoms with van der Waals surface area (Å²) in [5.41, 5.74) is 2.59. The molecule has 25 heavy (non-hydrogen) atoms. The normalized spacial score (nSPS) is 29.2. The summed E-state index contributed by atoms with van der Waals surface area (Å²) in [6.07, 6.45) is 6.69. The van der Waals surface area contributed by atoms with Crippen LogP contribution in [0, 0.1) is 11.3 Å². The highest BCUT2D eigenvalue weighted by Gasteiger charge is 2.39. The summed E-state index contributed by atoms with van der Waals surface area (Å²) in [6, 6.07) is 6.30. The summed E-state index contributed by atoms with van der Waals surface area (Å²) in [7, 11) is 1.63. The van der Waals surface area contributed by atoms with Gasteiger partial charge in [0.05, 0.1) is 23.7 Å². The average Bonchev–Trinajstić information content (AvgIpc) is 3.23. The van der Waals surface area contributed by atoms with E-state index in [1.807, 2.05) is 19.1 Å². The maximum absolute atomic E-state index is 12.2. The average molecular weight is 339 g/mol. The molecule has 2 heterocycles. The lowest BCUT2D eigenvalue weighted by Gasteiger charge is -2.39. The number of fused-ring (bicyclic) bond motifs is 1. The van der Waals surface area contributed by atoms with Gasteiger partial charge in [-0.3, -0.25) is 15.1 Å². The van der Waals surface area contributed by atoms with Crippen molar-refractivity contribution in [1.29, 1.82) is 5.41 Å². The number of nitrogens with zero attached hydrogens (tertiary/aromatic N) is 3. The second-order valence-electron chi connectivity index (χ2n) is 7.83. The van der Waals surface area contributed by atoms with E-state index in [0.29, 0.717) is 6.42 Å². The minimum absolute atomic E-state index is 0.0383. The number of hydrogen-bond acceptors (Lipinski definition) is 4. The predicted molar refractivity (Wildman–Crippen MR) is 95.9 cm³/mol. The Labute approximate surface area is 148 Å². The molecule has 1 aromatic rings. The Morgan fingerprint density at radius 1 is 1.36 bits per heavy atom. The molecule has 1 saturated heterocycles. The molecule has 2 fully saturated rings. The Morgan fingerprint density at radius 2 is 2.12 bits per heavy atom. The Bertz CT molecular complexity index is 732. The van der Waals surface area contributed by atoms with Gasteiger partial charge in [-0.05, 0) is 37.0 Å². The first-order chi connectivity index (χ1) is 12.0. The summed E-state index contributed by atoms with van der Waals surface area (Å²) in [6.45, 7) is 1.99. The van der Waals surface area contributed by atoms with Gasteiger partial charge in [0.25, 0.3) is 0 Å². The van der Waals surface area contributed by atoms with Crippen LogP contribution < -0.4 is 5.32 Å². The van der Waals surface area contributed by atoms with Gasteiger partial charge in [-0.2, -0.15) is 10.2 Å². The minimum atomic E-state index is -0.559. The van der Waals surface area contributed by atoms with Crippen molar-refractivity contribution in [2.75, 3.05) is 7.05 Å². The van der Waals surface area contributed by atoms with Crippen molar-refractivity contribution in [3.8, 4) is 0 Å². The summed E-state index contributed by atoms with van der Waals surface area (Å²) >= 11 is 0. The van der Waals surface area contributed by atoms with Crippen LogP contribution in [0.25, 0.3) is 0 Å². The Kier molecular flexibility index (Phi) is 3.85. The second kappa shape index (κ2) is 5.93. The molecule has 0 aromatic heterocycles. The third-order valence-electron chi connectivity index (χ3n) is 5.97. The molecule has 6 nitrogen and oxygen atoms in total. The Hall–Kier alpha value is -2.24. The van der Waals surface area contributed by atoms with Crippen LogP contribution in [-0.4, -0.2) is 23.8 Å². The molecular formula is C19H25N5O. The number of nitrogens with one attached hydrogen (secondary N) is 2. The van der Waals surface area contributed by atoms with Gasteiger partial charge < -0.3 is 5.32 Å². The van der Waals surface area contributed by atoms with Crippen molar-refractivity contribution in [2.45, 2.75) is 57.0 Å². The number of amides is 1. The van der Waals surface area contributed by atoms with Crippen LogP contribution in [0.15, 0.2) is 28.4 Å². The molecule has 2 aliphatic heterocycles. The topological polar surface area (TPSA) is 80.9 Å². The third kappa shape index (κ3) is 2.83. The van der Waals surface area contributed by atoms with E-state index in [-0.39, 0.29) is 17.9 Å². The summed E-state index contributed by atoms with van der Waals surface area (Å²) in [5, 5.41) is 20.1. The molecule has 3 aliphatic rings. The number of azo groups is 1. The van der Waals surface area contributed by atoms with E-state index in [4.69, 9.17) is 5.41 Å². The molecule has 132 valence electrons. The van der Waals surface area contributed by atoms with E-state index in [9.17, 15) is 4.79 Å². The number of benzene rings is 1. The number of rotatable bonds is 3. The zero-order chi connectivity index (χ0) is 17.6. The van der Waals surface area contributed by atoms with Gasteiger partial charge in [0.15, 0.2) is 5.96 Å². The molecule has 1 unspecified atom stereocenters. The largest absolute Gasteiger partial charge is 0.346 e. The molecule has 0 bridgehead atoms. The smallest absolute Gasteiger partial charge is 0.231 e. The fourth-order valence-corrected chi connectivity index (χ4v) is 4.30. The molecule has 2 N–H and O–H groups in total. The van der Waals surface area contributed by atoms with Crippen molar-refractivity contribution in [3.63, 3.8) is 0 Å². The number of carbonyl (C=O) groups excluding carboxylic acids is 1. The molecule has 1 aliphatic carbocycles. The highest BCUT2D eigenvalue weighted by atomic mass is 16.2. The van der Waals surface area contributed by atoms with Crippen LogP contribution in [0.4, 0.5) is 5.69 Å². The fourth-order valence-electron chi connectivity index (χ4n) is 4.30. The van der Waals surface area contributed by atoms with Gasteiger partial charge in [-0.25, -0.2) is 0 Å². The van der Waals surface area contributed by atoms with Crippen molar-refractivity contribution >= 4 is 17.6 Å². The lowest BCUT2D eigenvalue weighted by molar-refractivity contribution is -0.129. The summed E-state index contributed by atoms with van der Waals surface area (Å²) in [4.78, 5) is 13.6. The maximum Gasteiger partial charge on any atom is 0.231 e. The zero-order valence-corrected chi connectivity index (χ0v) is 14.9. The van der Waals surface area contributed by atoms with Crippen LogP contribution >= 0.6 is 0 Å². The molecule has 0 spiro atoms. The van der Waals surface area contributed by atoms with Crippen LogP contribution in [0.3, 0.4) is 0 Å². The van der Waals surface area contributed by atoms with Crippen molar-refractivity contribution < 1.29 is 4.79 Å². The van der Waals surface area contributed by atoms with Gasteiger partial charge in [-0.1, -0.05) is 31.7 Å². The summed E-state index contributed by atoms with van der Waals surface area (Å²) in [5.74, 6) is 0.866. The van der Waals surface area contributed by atoms with E-state index < -0.39 is 5.54 Å². The zero-order valence-electron chi connectivity index (χ0n) is 14.9. The molecule has 2 atom stereocenters. The van der Waals surface area contributed by atoms with Gasteiger partial charge >= 0.3 is 0 Å². The SMILES string of the molecule is CN1C(=N)N[C@](C)(c2ccc3c(c2)C(CC2CCCC2)N=N3)CC1=O. The molecule has 6 heteroatoms. The molecule has 1 aromatic carbocycles. The molecule has 1 amide bonds. The van der Waals surface area contributed by atoms with Crippen LogP contribution in [0.1, 0.15) is 62.6 Å². The predicted octanol–water partition coefficient (Wildman–Crippen LogP) is 4.01. The number of guanidine groups is 1. The Balaban J connectivity index is 1.60. The molecule has 1 saturated carbocycles. The lowest BCUT2D eigenvalue weighted by Crippen LogP contribution is -2.58. The van der Waals surface area contributed by atoms with Gasteiger partial charge in [0, 0.05) is 12.6 Å². The fraction of sp³-hybridized carbons (Fsp3) is 0.579. The van der Waals surface area contributed by atoms with E-state index in [1.54, 1.807) is 7.05 Å². The van der Waals surface area contributed by atoms with Gasteiger partial charge in [0.1, 0.15) is 0 Å². The third-order valence-corrected chi connectivity index (χ3v) is 5.97. The van der Waals surface area contributed by atoms with Crippen LogP contribution in [-0.2, 0) is 10.3 Å². The van der Waals surface area contributed by atoms with Gasteiger partial charge in [0.2, 0.25) is 5.91 Å². The Morgan fingerprint density at radius 3 is 2.84 bits per heavy atom. The highest BCUT2D eigenvalue weighted by molar-refractivity contribution is 5.98. The van der Waals surface area contributed by atoms with Gasteiger partial charge in [-0.15, -0.1) is 0 Å². The van der Waals surface area contributed by atoms with Crippen molar-refractivity contribution in [2.24, 2.45) is 16.1 Å².